The van der Waals surface area contributed by atoms with Crippen LogP contribution in [0.5, 0.6) is 0 Å². The van der Waals surface area contributed by atoms with Crippen LogP contribution in [0.4, 0.5) is 0 Å². The lowest BCUT2D eigenvalue weighted by molar-refractivity contribution is -0.0725. The second-order valence-corrected chi connectivity index (χ2v) is 5.77. The van der Waals surface area contributed by atoms with Crippen molar-refractivity contribution in [2.24, 2.45) is 11.7 Å². The van der Waals surface area contributed by atoms with Crippen molar-refractivity contribution < 1.29 is 4.74 Å². The first-order chi connectivity index (χ1) is 8.14. The fourth-order valence-electron chi connectivity index (χ4n) is 3.05. The van der Waals surface area contributed by atoms with Crippen molar-refractivity contribution in [2.75, 3.05) is 6.61 Å². The molecule has 0 aromatic rings. The predicted molar refractivity (Wildman–Crippen MR) is 74.1 cm³/mol. The van der Waals surface area contributed by atoms with Crippen LogP contribution < -0.4 is 5.73 Å². The van der Waals surface area contributed by atoms with Gasteiger partial charge in [-0.2, -0.15) is 0 Å². The fourth-order valence-corrected chi connectivity index (χ4v) is 3.05. The molecule has 0 aliphatic heterocycles. The molecule has 1 fully saturated rings. The lowest BCUT2D eigenvalue weighted by Crippen LogP contribution is -2.50. The summed E-state index contributed by atoms with van der Waals surface area (Å²) in [5.41, 5.74) is 6.47. The SMILES string of the molecule is CCOC1(C(N)CC(C)CC)CCCCCC1. The zero-order chi connectivity index (χ0) is 12.7. The molecule has 0 amide bonds. The molecule has 17 heavy (non-hydrogen) atoms. The van der Waals surface area contributed by atoms with Crippen LogP contribution in [0.25, 0.3) is 0 Å². The van der Waals surface area contributed by atoms with Gasteiger partial charge in [-0.1, -0.05) is 46.0 Å². The summed E-state index contributed by atoms with van der Waals surface area (Å²) in [5, 5.41) is 0. The van der Waals surface area contributed by atoms with Gasteiger partial charge in [0, 0.05) is 12.6 Å². The Morgan fingerprint density at radius 3 is 2.18 bits per heavy atom. The Bertz CT molecular complexity index is 197. The van der Waals surface area contributed by atoms with Crippen molar-refractivity contribution in [1.29, 1.82) is 0 Å². The average Bonchev–Trinajstić information content (AvgIpc) is 2.56. The van der Waals surface area contributed by atoms with Gasteiger partial charge in [-0.15, -0.1) is 0 Å². The van der Waals surface area contributed by atoms with Gasteiger partial charge in [-0.25, -0.2) is 0 Å². The normalized spacial score (nSPS) is 24.0. The average molecular weight is 241 g/mol. The second-order valence-electron chi connectivity index (χ2n) is 5.77. The van der Waals surface area contributed by atoms with Crippen molar-refractivity contribution in [3.63, 3.8) is 0 Å². The van der Waals surface area contributed by atoms with Crippen molar-refractivity contribution in [2.45, 2.75) is 83.8 Å². The van der Waals surface area contributed by atoms with Crippen LogP contribution in [0.2, 0.25) is 0 Å². The fraction of sp³-hybridized carbons (Fsp3) is 1.00. The van der Waals surface area contributed by atoms with Crippen LogP contribution >= 0.6 is 0 Å². The molecule has 1 aliphatic rings. The standard InChI is InChI=1S/C15H31NO/c1-4-13(3)12-14(16)15(17-5-2)10-8-6-7-9-11-15/h13-14H,4-12,16H2,1-3H3. The molecule has 1 rings (SSSR count). The number of nitrogens with two attached hydrogens (primary N) is 1. The van der Waals surface area contributed by atoms with E-state index in [-0.39, 0.29) is 11.6 Å². The van der Waals surface area contributed by atoms with Crippen molar-refractivity contribution >= 4 is 0 Å². The van der Waals surface area contributed by atoms with Crippen molar-refractivity contribution in [3.05, 3.63) is 0 Å². The highest BCUT2D eigenvalue weighted by Crippen LogP contribution is 2.35. The molecular weight excluding hydrogens is 210 g/mol. The Balaban J connectivity index is 2.66. The number of hydrogen-bond acceptors (Lipinski definition) is 2. The van der Waals surface area contributed by atoms with Gasteiger partial charge in [-0.3, -0.25) is 0 Å². The summed E-state index contributed by atoms with van der Waals surface area (Å²) in [6, 6.07) is 0.218. The van der Waals surface area contributed by atoms with Crippen LogP contribution in [0, 0.1) is 5.92 Å². The molecule has 2 N–H and O–H groups in total. The van der Waals surface area contributed by atoms with E-state index in [4.69, 9.17) is 10.5 Å². The maximum absolute atomic E-state index is 6.49. The Labute approximate surface area is 107 Å². The summed E-state index contributed by atoms with van der Waals surface area (Å²) in [6.45, 7) is 7.45. The molecule has 1 aliphatic carbocycles. The van der Waals surface area contributed by atoms with E-state index in [1.165, 1.54) is 44.9 Å². The Hall–Kier alpha value is -0.0800. The Morgan fingerprint density at radius 1 is 1.12 bits per heavy atom. The first-order valence-corrected chi connectivity index (χ1v) is 7.54. The third-order valence-electron chi connectivity index (χ3n) is 4.41. The van der Waals surface area contributed by atoms with E-state index in [1.54, 1.807) is 0 Å². The van der Waals surface area contributed by atoms with Crippen LogP contribution in [-0.2, 0) is 4.74 Å². The smallest absolute Gasteiger partial charge is 0.0832 e. The summed E-state index contributed by atoms with van der Waals surface area (Å²) >= 11 is 0. The van der Waals surface area contributed by atoms with E-state index in [9.17, 15) is 0 Å². The van der Waals surface area contributed by atoms with Gasteiger partial charge < -0.3 is 10.5 Å². The Morgan fingerprint density at radius 2 is 1.71 bits per heavy atom. The molecule has 2 nitrogen and oxygen atoms in total. The van der Waals surface area contributed by atoms with Crippen molar-refractivity contribution in [1.82, 2.24) is 0 Å². The molecule has 0 saturated heterocycles. The monoisotopic (exact) mass is 241 g/mol. The molecule has 0 spiro atoms. The number of ether oxygens (including phenoxy) is 1. The van der Waals surface area contributed by atoms with E-state index < -0.39 is 0 Å². The maximum atomic E-state index is 6.49. The number of hydrogen-bond donors (Lipinski definition) is 1. The summed E-state index contributed by atoms with van der Waals surface area (Å²) in [4.78, 5) is 0. The molecule has 0 radical (unpaired) electrons. The largest absolute Gasteiger partial charge is 0.374 e. The lowest BCUT2D eigenvalue weighted by Gasteiger charge is -2.39. The van der Waals surface area contributed by atoms with Gasteiger partial charge in [0.15, 0.2) is 0 Å². The zero-order valence-electron chi connectivity index (χ0n) is 12.0. The zero-order valence-corrected chi connectivity index (χ0v) is 12.0. The lowest BCUT2D eigenvalue weighted by atomic mass is 9.81. The second kappa shape index (κ2) is 7.38. The van der Waals surface area contributed by atoms with Crippen LogP contribution in [0.3, 0.4) is 0 Å². The van der Waals surface area contributed by atoms with E-state index in [2.05, 4.69) is 20.8 Å². The molecule has 0 heterocycles. The van der Waals surface area contributed by atoms with Crippen LogP contribution in [0.1, 0.15) is 72.1 Å². The highest BCUT2D eigenvalue weighted by atomic mass is 16.5. The maximum Gasteiger partial charge on any atom is 0.0832 e. The topological polar surface area (TPSA) is 35.2 Å². The Kier molecular flexibility index (Phi) is 6.50. The summed E-state index contributed by atoms with van der Waals surface area (Å²) in [7, 11) is 0. The molecule has 0 bridgehead atoms. The number of rotatable bonds is 6. The predicted octanol–water partition coefficient (Wildman–Crippen LogP) is 3.88. The molecular formula is C15H31NO. The van der Waals surface area contributed by atoms with Gasteiger partial charge in [0.05, 0.1) is 5.60 Å². The molecule has 0 aromatic heterocycles. The van der Waals surface area contributed by atoms with Gasteiger partial charge in [-0.05, 0) is 32.1 Å². The minimum Gasteiger partial charge on any atom is -0.374 e. The van der Waals surface area contributed by atoms with E-state index >= 15 is 0 Å². The minimum absolute atomic E-state index is 0.0192. The van der Waals surface area contributed by atoms with Gasteiger partial charge >= 0.3 is 0 Å². The van der Waals surface area contributed by atoms with E-state index in [0.29, 0.717) is 5.92 Å². The molecule has 102 valence electrons. The van der Waals surface area contributed by atoms with Gasteiger partial charge in [0.2, 0.25) is 0 Å². The quantitative estimate of drug-likeness (QED) is 0.716. The third kappa shape index (κ3) is 4.26. The van der Waals surface area contributed by atoms with Crippen molar-refractivity contribution in [3.8, 4) is 0 Å². The van der Waals surface area contributed by atoms with Crippen LogP contribution in [-0.4, -0.2) is 18.2 Å². The first-order valence-electron chi connectivity index (χ1n) is 7.54. The van der Waals surface area contributed by atoms with Gasteiger partial charge in [0.25, 0.3) is 0 Å². The highest BCUT2D eigenvalue weighted by Gasteiger charge is 2.37. The summed E-state index contributed by atoms with van der Waals surface area (Å²) in [5.74, 6) is 0.714. The summed E-state index contributed by atoms with van der Waals surface area (Å²) in [6.07, 6.45) is 9.93. The minimum atomic E-state index is -0.0192. The highest BCUT2D eigenvalue weighted by molar-refractivity contribution is 4.93. The third-order valence-corrected chi connectivity index (χ3v) is 4.41. The first kappa shape index (κ1) is 15.0. The molecule has 0 aromatic carbocycles. The molecule has 1 saturated carbocycles. The molecule has 2 heteroatoms. The molecule has 2 atom stereocenters. The van der Waals surface area contributed by atoms with Crippen LogP contribution in [0.15, 0.2) is 0 Å². The van der Waals surface area contributed by atoms with E-state index in [0.717, 1.165) is 13.0 Å². The summed E-state index contributed by atoms with van der Waals surface area (Å²) < 4.78 is 6.13. The van der Waals surface area contributed by atoms with Gasteiger partial charge in [0.1, 0.15) is 0 Å². The van der Waals surface area contributed by atoms with E-state index in [1.807, 2.05) is 0 Å². The molecule has 2 unspecified atom stereocenters.